The molecule has 6 nitrogen and oxygen atoms in total. The molecule has 0 spiro atoms. The fourth-order valence-electron chi connectivity index (χ4n) is 2.49. The van der Waals surface area contributed by atoms with Gasteiger partial charge >= 0.3 is 11.8 Å². The minimum atomic E-state index is -0.481. The molecule has 0 bridgehead atoms. The average Bonchev–Trinajstić information content (AvgIpc) is 3.29. The zero-order valence-electron chi connectivity index (χ0n) is 13.0. The van der Waals surface area contributed by atoms with Crippen LogP contribution in [0.4, 0.5) is 4.39 Å². The molecule has 2 aromatic carbocycles. The number of aromatic nitrogens is 3. The van der Waals surface area contributed by atoms with Crippen LogP contribution in [0.25, 0.3) is 22.3 Å². The molecular formula is C18H13FN4O2. The average molecular weight is 336 g/mol. The number of nitrogens with zero attached hydrogens (tertiary/aromatic N) is 2. The van der Waals surface area contributed by atoms with Gasteiger partial charge in [-0.2, -0.15) is 4.98 Å². The lowest BCUT2D eigenvalue weighted by molar-refractivity contribution is 0.0907. The van der Waals surface area contributed by atoms with Gasteiger partial charge in [0, 0.05) is 29.2 Å². The zero-order valence-corrected chi connectivity index (χ0v) is 13.0. The summed E-state index contributed by atoms with van der Waals surface area (Å²) in [5, 5.41) is 7.54. The first-order valence-electron chi connectivity index (χ1n) is 7.63. The Labute approximate surface area is 141 Å². The molecule has 0 saturated heterocycles. The first-order chi connectivity index (χ1) is 12.2. The SMILES string of the molecule is O=C(NCc1ccc(F)cc1)c1nc(-c2ccc3[nH]ccc3c2)no1. The van der Waals surface area contributed by atoms with E-state index >= 15 is 0 Å². The monoisotopic (exact) mass is 336 g/mol. The smallest absolute Gasteiger partial charge is 0.316 e. The minimum absolute atomic E-state index is 0.119. The summed E-state index contributed by atoms with van der Waals surface area (Å²) in [6, 6.07) is 13.5. The Morgan fingerprint density at radius 3 is 2.84 bits per heavy atom. The number of H-pyrrole nitrogens is 1. The maximum Gasteiger partial charge on any atom is 0.316 e. The van der Waals surface area contributed by atoms with E-state index in [1.165, 1.54) is 12.1 Å². The van der Waals surface area contributed by atoms with Gasteiger partial charge in [-0.3, -0.25) is 4.79 Å². The van der Waals surface area contributed by atoms with Gasteiger partial charge < -0.3 is 14.8 Å². The molecule has 124 valence electrons. The molecule has 0 aliphatic heterocycles. The Balaban J connectivity index is 1.48. The second-order valence-electron chi connectivity index (χ2n) is 5.51. The largest absolute Gasteiger partial charge is 0.361 e. The third-order valence-electron chi connectivity index (χ3n) is 3.80. The molecule has 2 aromatic heterocycles. The minimum Gasteiger partial charge on any atom is -0.361 e. The maximum atomic E-state index is 12.9. The lowest BCUT2D eigenvalue weighted by Crippen LogP contribution is -2.23. The third kappa shape index (κ3) is 3.12. The molecule has 0 aliphatic rings. The summed E-state index contributed by atoms with van der Waals surface area (Å²) in [5.41, 5.74) is 2.53. The molecule has 4 rings (SSSR count). The van der Waals surface area contributed by atoms with Crippen LogP contribution in [0.5, 0.6) is 0 Å². The highest BCUT2D eigenvalue weighted by Crippen LogP contribution is 2.21. The van der Waals surface area contributed by atoms with Gasteiger partial charge in [0.1, 0.15) is 5.82 Å². The van der Waals surface area contributed by atoms with Crippen LogP contribution in [0.2, 0.25) is 0 Å². The van der Waals surface area contributed by atoms with Crippen LogP contribution in [0.3, 0.4) is 0 Å². The predicted molar refractivity (Wildman–Crippen MR) is 89.2 cm³/mol. The molecule has 25 heavy (non-hydrogen) atoms. The van der Waals surface area contributed by atoms with Gasteiger partial charge in [-0.05, 0) is 42.0 Å². The van der Waals surface area contributed by atoms with Crippen LogP contribution in [0.15, 0.2) is 59.3 Å². The highest BCUT2D eigenvalue weighted by atomic mass is 19.1. The lowest BCUT2D eigenvalue weighted by Gasteiger charge is -2.02. The standard InChI is InChI=1S/C18H13FN4O2/c19-14-4-1-11(2-5-14)10-21-17(24)18-22-16(23-25-18)13-3-6-15-12(9-13)7-8-20-15/h1-9,20H,10H2,(H,21,24). The summed E-state index contributed by atoms with van der Waals surface area (Å²) in [6.07, 6.45) is 1.85. The van der Waals surface area contributed by atoms with Crippen molar-refractivity contribution >= 4 is 16.8 Å². The van der Waals surface area contributed by atoms with E-state index in [2.05, 4.69) is 20.4 Å². The molecule has 7 heteroatoms. The van der Waals surface area contributed by atoms with Crippen LogP contribution in [0.1, 0.15) is 16.2 Å². The number of halogens is 1. The lowest BCUT2D eigenvalue weighted by atomic mass is 10.1. The van der Waals surface area contributed by atoms with Crippen LogP contribution in [-0.2, 0) is 6.54 Å². The van der Waals surface area contributed by atoms with Crippen molar-refractivity contribution in [2.24, 2.45) is 0 Å². The third-order valence-corrected chi connectivity index (χ3v) is 3.80. The number of nitrogens with one attached hydrogen (secondary N) is 2. The fourth-order valence-corrected chi connectivity index (χ4v) is 2.49. The maximum absolute atomic E-state index is 12.9. The molecular weight excluding hydrogens is 323 g/mol. The van der Waals surface area contributed by atoms with E-state index in [9.17, 15) is 9.18 Å². The number of fused-ring (bicyclic) bond motifs is 1. The fraction of sp³-hybridized carbons (Fsp3) is 0.0556. The van der Waals surface area contributed by atoms with Gasteiger partial charge in [0.05, 0.1) is 0 Å². The van der Waals surface area contributed by atoms with E-state index in [-0.39, 0.29) is 18.3 Å². The first-order valence-corrected chi connectivity index (χ1v) is 7.63. The Morgan fingerprint density at radius 2 is 2.00 bits per heavy atom. The topological polar surface area (TPSA) is 83.8 Å². The highest BCUT2D eigenvalue weighted by molar-refractivity contribution is 5.90. The van der Waals surface area contributed by atoms with Crippen molar-refractivity contribution in [2.75, 3.05) is 0 Å². The van der Waals surface area contributed by atoms with E-state index < -0.39 is 5.91 Å². The van der Waals surface area contributed by atoms with Crippen LogP contribution >= 0.6 is 0 Å². The Hall–Kier alpha value is -3.48. The normalized spacial score (nSPS) is 10.9. The predicted octanol–water partition coefficient (Wildman–Crippen LogP) is 3.29. The Morgan fingerprint density at radius 1 is 1.16 bits per heavy atom. The molecule has 0 radical (unpaired) electrons. The number of hydrogen-bond acceptors (Lipinski definition) is 4. The van der Waals surface area contributed by atoms with Crippen LogP contribution < -0.4 is 5.32 Å². The summed E-state index contributed by atoms with van der Waals surface area (Å²) in [7, 11) is 0. The van der Waals surface area contributed by atoms with Crippen molar-refractivity contribution in [1.82, 2.24) is 20.4 Å². The van der Waals surface area contributed by atoms with Crippen LogP contribution in [-0.4, -0.2) is 21.0 Å². The molecule has 0 saturated carbocycles. The van der Waals surface area contributed by atoms with Crippen molar-refractivity contribution in [1.29, 1.82) is 0 Å². The van der Waals surface area contributed by atoms with Gasteiger partial charge in [0.25, 0.3) is 0 Å². The van der Waals surface area contributed by atoms with Crippen molar-refractivity contribution in [2.45, 2.75) is 6.54 Å². The molecule has 1 amide bonds. The first kappa shape index (κ1) is 15.1. The second kappa shape index (κ2) is 6.20. The van der Waals surface area contributed by atoms with Crippen molar-refractivity contribution in [3.05, 3.63) is 72.0 Å². The molecule has 0 unspecified atom stereocenters. The highest BCUT2D eigenvalue weighted by Gasteiger charge is 2.16. The second-order valence-corrected chi connectivity index (χ2v) is 5.51. The molecule has 0 fully saturated rings. The van der Waals surface area contributed by atoms with Gasteiger partial charge in [0.2, 0.25) is 5.82 Å². The Bertz CT molecular complexity index is 1040. The summed E-state index contributed by atoms with van der Waals surface area (Å²) >= 11 is 0. The Kier molecular flexibility index (Phi) is 3.74. The molecule has 2 heterocycles. The van der Waals surface area contributed by atoms with Crippen molar-refractivity contribution < 1.29 is 13.7 Å². The van der Waals surface area contributed by atoms with Gasteiger partial charge in [-0.1, -0.05) is 17.3 Å². The van der Waals surface area contributed by atoms with Crippen molar-refractivity contribution in [3.8, 4) is 11.4 Å². The van der Waals surface area contributed by atoms with Crippen LogP contribution in [0, 0.1) is 5.82 Å². The molecule has 0 atom stereocenters. The van der Waals surface area contributed by atoms with E-state index in [0.717, 1.165) is 22.0 Å². The number of aromatic amines is 1. The number of benzene rings is 2. The van der Waals surface area contributed by atoms with Gasteiger partial charge in [-0.25, -0.2) is 4.39 Å². The summed E-state index contributed by atoms with van der Waals surface area (Å²) in [6.45, 7) is 0.242. The van der Waals surface area contributed by atoms with E-state index in [1.54, 1.807) is 12.1 Å². The number of carbonyl (C=O) groups excluding carboxylic acids is 1. The van der Waals surface area contributed by atoms with Gasteiger partial charge in [-0.15, -0.1) is 0 Å². The quantitative estimate of drug-likeness (QED) is 0.599. The molecule has 4 aromatic rings. The number of amides is 1. The zero-order chi connectivity index (χ0) is 17.2. The summed E-state index contributed by atoms with van der Waals surface area (Å²) in [4.78, 5) is 19.4. The summed E-state index contributed by atoms with van der Waals surface area (Å²) in [5.74, 6) is -0.580. The molecule has 0 aliphatic carbocycles. The van der Waals surface area contributed by atoms with Crippen molar-refractivity contribution in [3.63, 3.8) is 0 Å². The number of hydrogen-bond donors (Lipinski definition) is 2. The molecule has 2 N–H and O–H groups in total. The van der Waals surface area contributed by atoms with E-state index in [1.807, 2.05) is 30.5 Å². The van der Waals surface area contributed by atoms with Gasteiger partial charge in [0.15, 0.2) is 0 Å². The summed E-state index contributed by atoms with van der Waals surface area (Å²) < 4.78 is 17.9. The van der Waals surface area contributed by atoms with E-state index in [4.69, 9.17) is 4.52 Å². The van der Waals surface area contributed by atoms with E-state index in [0.29, 0.717) is 5.82 Å². The number of carbonyl (C=O) groups is 1. The number of rotatable bonds is 4.